The van der Waals surface area contributed by atoms with E-state index in [1.165, 1.54) is 12.1 Å². The van der Waals surface area contributed by atoms with Crippen molar-refractivity contribution in [1.82, 2.24) is 24.4 Å². The van der Waals surface area contributed by atoms with Crippen LogP contribution in [0.15, 0.2) is 55.1 Å². The Morgan fingerprint density at radius 1 is 1.00 bits per heavy atom. The number of halogens is 1. The van der Waals surface area contributed by atoms with Gasteiger partial charge in [-0.3, -0.25) is 0 Å². The molecule has 0 atom stereocenters. The highest BCUT2D eigenvalue weighted by Gasteiger charge is 2.46. The number of piperidine rings is 1. The number of aromatic amines is 1. The molecule has 2 aliphatic rings. The van der Waals surface area contributed by atoms with Crippen LogP contribution in [0.1, 0.15) is 12.8 Å². The number of hydrogen-bond acceptors (Lipinski definition) is 3. The fraction of sp³-hybridized carbons (Fsp3) is 0.273. The maximum Gasteiger partial charge on any atom is 0.137 e. The lowest BCUT2D eigenvalue weighted by atomic mass is 9.93. The van der Waals surface area contributed by atoms with E-state index in [2.05, 4.69) is 31.6 Å². The number of nitrogens with one attached hydrogen (secondary N) is 1. The number of aromatic nitrogens is 4. The molecule has 28 heavy (non-hydrogen) atoms. The molecule has 0 spiro atoms. The molecule has 2 aliphatic heterocycles. The minimum atomic E-state index is -0.234. The zero-order valence-corrected chi connectivity index (χ0v) is 15.4. The number of rotatable bonds is 3. The highest BCUT2D eigenvalue weighted by molar-refractivity contribution is 5.96. The molecule has 0 unspecified atom stereocenters. The predicted octanol–water partition coefficient (Wildman–Crippen LogP) is 4.04. The minimum absolute atomic E-state index is 0.0898. The summed E-state index contributed by atoms with van der Waals surface area (Å²) in [5.41, 5.74) is 5.00. The van der Waals surface area contributed by atoms with Crippen LogP contribution in [0.4, 0.5) is 4.39 Å². The van der Waals surface area contributed by atoms with Crippen molar-refractivity contribution in [3.63, 3.8) is 0 Å². The van der Waals surface area contributed by atoms with Crippen LogP contribution in [-0.4, -0.2) is 44.1 Å². The third kappa shape index (κ3) is 2.21. The van der Waals surface area contributed by atoms with Crippen molar-refractivity contribution in [2.45, 2.75) is 18.4 Å². The van der Waals surface area contributed by atoms with Gasteiger partial charge in [0, 0.05) is 48.5 Å². The van der Waals surface area contributed by atoms with E-state index in [4.69, 9.17) is 4.98 Å². The van der Waals surface area contributed by atoms with Crippen LogP contribution in [0.3, 0.4) is 0 Å². The van der Waals surface area contributed by atoms with Gasteiger partial charge in [-0.15, -0.1) is 0 Å². The zero-order chi connectivity index (χ0) is 18.7. The van der Waals surface area contributed by atoms with E-state index in [-0.39, 0.29) is 11.4 Å². The molecule has 5 heterocycles. The number of pyridine rings is 1. The molecular weight excluding hydrogens is 353 g/mol. The van der Waals surface area contributed by atoms with E-state index in [9.17, 15) is 4.39 Å². The van der Waals surface area contributed by atoms with Gasteiger partial charge in [0.15, 0.2) is 0 Å². The predicted molar refractivity (Wildman–Crippen MR) is 106 cm³/mol. The number of imidazole rings is 1. The Morgan fingerprint density at radius 3 is 2.57 bits per heavy atom. The summed E-state index contributed by atoms with van der Waals surface area (Å²) in [6.45, 7) is 3.35. The molecule has 2 saturated heterocycles. The average molecular weight is 373 g/mol. The van der Waals surface area contributed by atoms with Crippen molar-refractivity contribution >= 4 is 11.0 Å². The molecule has 0 amide bonds. The molecular formula is C22H20FN5. The van der Waals surface area contributed by atoms with E-state index >= 15 is 0 Å². The molecule has 0 radical (unpaired) electrons. The van der Waals surface area contributed by atoms with Crippen LogP contribution in [0, 0.1) is 5.82 Å². The van der Waals surface area contributed by atoms with E-state index in [1.807, 2.05) is 30.9 Å². The topological polar surface area (TPSA) is 49.7 Å². The Bertz CT molecular complexity index is 1170. The van der Waals surface area contributed by atoms with Crippen LogP contribution in [-0.2, 0) is 5.54 Å². The number of nitrogens with zero attached hydrogens (tertiary/aromatic N) is 4. The summed E-state index contributed by atoms with van der Waals surface area (Å²) in [6.07, 6.45) is 8.03. The lowest BCUT2D eigenvalue weighted by molar-refractivity contribution is 0.317. The largest absolute Gasteiger partial charge is 0.346 e. The normalized spacial score (nSPS) is 23.7. The first-order valence-electron chi connectivity index (χ1n) is 9.72. The molecule has 2 bridgehead atoms. The lowest BCUT2D eigenvalue weighted by Crippen LogP contribution is -2.32. The molecule has 1 N–H and O–H groups in total. The fourth-order valence-electron chi connectivity index (χ4n) is 4.97. The van der Waals surface area contributed by atoms with Crippen LogP contribution in [0.2, 0.25) is 0 Å². The summed E-state index contributed by atoms with van der Waals surface area (Å²) in [5.74, 6) is -0.234. The Labute approximate surface area is 161 Å². The molecule has 2 fully saturated rings. The molecule has 140 valence electrons. The van der Waals surface area contributed by atoms with Gasteiger partial charge in [-0.1, -0.05) is 0 Å². The summed E-state index contributed by atoms with van der Waals surface area (Å²) in [6, 6.07) is 10.8. The van der Waals surface area contributed by atoms with Gasteiger partial charge in [0.2, 0.25) is 0 Å². The van der Waals surface area contributed by atoms with Crippen molar-refractivity contribution < 1.29 is 4.39 Å². The van der Waals surface area contributed by atoms with Crippen LogP contribution in [0.5, 0.6) is 0 Å². The number of benzene rings is 1. The summed E-state index contributed by atoms with van der Waals surface area (Å²) in [7, 11) is 0. The average Bonchev–Trinajstić information content (AvgIpc) is 3.50. The zero-order valence-electron chi connectivity index (χ0n) is 15.4. The number of hydrogen-bond donors (Lipinski definition) is 1. The van der Waals surface area contributed by atoms with Crippen molar-refractivity contribution in [2.24, 2.45) is 0 Å². The first-order valence-corrected chi connectivity index (χ1v) is 9.72. The number of H-pyrrole nitrogens is 1. The van der Waals surface area contributed by atoms with Gasteiger partial charge in [-0.2, -0.15) is 0 Å². The quantitative estimate of drug-likeness (QED) is 0.590. The molecule has 4 aromatic rings. The van der Waals surface area contributed by atoms with E-state index < -0.39 is 0 Å². The van der Waals surface area contributed by atoms with Crippen molar-refractivity contribution in [3.05, 3.63) is 60.9 Å². The second kappa shape index (κ2) is 5.75. The fourth-order valence-corrected chi connectivity index (χ4v) is 4.97. The highest BCUT2D eigenvalue weighted by Crippen LogP contribution is 2.45. The molecule has 3 aromatic heterocycles. The molecule has 6 heteroatoms. The number of fused-ring (bicyclic) bond motifs is 3. The first kappa shape index (κ1) is 16.0. The molecule has 5 nitrogen and oxygen atoms in total. The summed E-state index contributed by atoms with van der Waals surface area (Å²) >= 11 is 0. The minimum Gasteiger partial charge on any atom is -0.346 e. The summed E-state index contributed by atoms with van der Waals surface area (Å²) in [4.78, 5) is 15.0. The second-order valence-corrected chi connectivity index (χ2v) is 7.92. The van der Waals surface area contributed by atoms with Crippen LogP contribution >= 0.6 is 0 Å². The maximum atomic E-state index is 13.5. The Morgan fingerprint density at radius 2 is 1.82 bits per heavy atom. The smallest absolute Gasteiger partial charge is 0.137 e. The second-order valence-electron chi connectivity index (χ2n) is 7.92. The van der Waals surface area contributed by atoms with E-state index in [0.29, 0.717) is 0 Å². The van der Waals surface area contributed by atoms with Crippen LogP contribution < -0.4 is 0 Å². The highest BCUT2D eigenvalue weighted by atomic mass is 19.1. The van der Waals surface area contributed by atoms with E-state index in [1.54, 1.807) is 0 Å². The SMILES string of the molecule is Fc1ccc(-c2ncn(C34CCN(CC3)C4)c2-c2ccnc3[nH]ccc23)cc1. The Hall–Kier alpha value is -2.99. The van der Waals surface area contributed by atoms with Crippen molar-refractivity contribution in [2.75, 3.05) is 19.6 Å². The third-order valence-corrected chi connectivity index (χ3v) is 6.42. The van der Waals surface area contributed by atoms with Crippen molar-refractivity contribution in [1.29, 1.82) is 0 Å². The molecule has 0 saturated carbocycles. The van der Waals surface area contributed by atoms with E-state index in [0.717, 1.165) is 66.0 Å². The van der Waals surface area contributed by atoms with Crippen molar-refractivity contribution in [3.8, 4) is 22.5 Å². The Balaban J connectivity index is 1.63. The summed E-state index contributed by atoms with van der Waals surface area (Å²) in [5, 5.41) is 1.08. The first-order chi connectivity index (χ1) is 13.7. The van der Waals surface area contributed by atoms with Gasteiger partial charge in [0.05, 0.1) is 23.3 Å². The van der Waals surface area contributed by atoms with Gasteiger partial charge >= 0.3 is 0 Å². The van der Waals surface area contributed by atoms with Gasteiger partial charge < -0.3 is 14.5 Å². The van der Waals surface area contributed by atoms with Gasteiger partial charge in [0.25, 0.3) is 0 Å². The Kier molecular flexibility index (Phi) is 3.29. The lowest BCUT2D eigenvalue weighted by Gasteiger charge is -2.29. The monoisotopic (exact) mass is 373 g/mol. The summed E-state index contributed by atoms with van der Waals surface area (Å²) < 4.78 is 15.9. The third-order valence-electron chi connectivity index (χ3n) is 6.42. The van der Waals surface area contributed by atoms with Gasteiger partial charge in [-0.25, -0.2) is 14.4 Å². The van der Waals surface area contributed by atoms with Gasteiger partial charge in [-0.05, 0) is 49.2 Å². The molecule has 6 rings (SSSR count). The standard InChI is InChI=1S/C22H20FN5/c23-16-3-1-15(2-4-16)19-20(17-5-9-24-21-18(17)6-10-25-21)28(14-26-19)22-7-11-27(13-22)12-8-22/h1-6,9-10,14H,7-8,11-13H2,(H,24,25). The molecule has 0 aliphatic carbocycles. The van der Waals surface area contributed by atoms with Gasteiger partial charge in [0.1, 0.15) is 11.5 Å². The molecule has 1 aromatic carbocycles. The maximum absolute atomic E-state index is 13.5. The van der Waals surface area contributed by atoms with Crippen LogP contribution in [0.25, 0.3) is 33.5 Å².